The van der Waals surface area contributed by atoms with E-state index in [0.29, 0.717) is 23.2 Å². The van der Waals surface area contributed by atoms with Gasteiger partial charge in [0.05, 0.1) is 17.7 Å². The van der Waals surface area contributed by atoms with Crippen LogP contribution in [0.5, 0.6) is 0 Å². The highest BCUT2D eigenvalue weighted by Crippen LogP contribution is 2.47. The fourth-order valence-electron chi connectivity index (χ4n) is 4.41. The summed E-state index contributed by atoms with van der Waals surface area (Å²) in [5.74, 6) is 6.03. The van der Waals surface area contributed by atoms with Gasteiger partial charge in [-0.2, -0.15) is 13.2 Å². The van der Waals surface area contributed by atoms with Crippen molar-refractivity contribution in [3.05, 3.63) is 71.4 Å². The molecule has 0 amide bonds. The van der Waals surface area contributed by atoms with Gasteiger partial charge >= 0.3 is 6.18 Å². The third-order valence-electron chi connectivity index (χ3n) is 6.21. The van der Waals surface area contributed by atoms with E-state index >= 15 is 0 Å². The van der Waals surface area contributed by atoms with Gasteiger partial charge in [-0.05, 0) is 42.0 Å². The first-order valence-electron chi connectivity index (χ1n) is 10.7. The normalized spacial score (nSPS) is 18.5. The monoisotopic (exact) mass is 455 g/mol. The van der Waals surface area contributed by atoms with Gasteiger partial charge in [-0.15, -0.1) is 0 Å². The van der Waals surface area contributed by atoms with Gasteiger partial charge in [0.25, 0.3) is 0 Å². The van der Waals surface area contributed by atoms with Crippen molar-refractivity contribution in [3.63, 3.8) is 0 Å². The maximum absolute atomic E-state index is 13.1. The van der Waals surface area contributed by atoms with E-state index < -0.39 is 17.6 Å². The first-order valence-corrected chi connectivity index (χ1v) is 10.7. The Balaban J connectivity index is 1.37. The van der Waals surface area contributed by atoms with Crippen molar-refractivity contribution in [3.8, 4) is 11.4 Å². The van der Waals surface area contributed by atoms with Crippen molar-refractivity contribution in [1.82, 2.24) is 20.0 Å². The van der Waals surface area contributed by atoms with Gasteiger partial charge in [0.15, 0.2) is 5.70 Å². The maximum atomic E-state index is 13.1. The molecule has 1 aliphatic carbocycles. The number of pyridine rings is 1. The van der Waals surface area contributed by atoms with E-state index in [1.165, 1.54) is 48.0 Å². The molecule has 1 saturated carbocycles. The van der Waals surface area contributed by atoms with Gasteiger partial charge in [0, 0.05) is 42.7 Å². The Morgan fingerprint density at radius 3 is 2.67 bits per heavy atom. The summed E-state index contributed by atoms with van der Waals surface area (Å²) in [5, 5.41) is 3.57. The van der Waals surface area contributed by atoms with Crippen molar-refractivity contribution < 1.29 is 13.2 Å². The summed E-state index contributed by atoms with van der Waals surface area (Å²) in [6.07, 6.45) is 2.78. The molecule has 3 aromatic rings. The van der Waals surface area contributed by atoms with E-state index in [9.17, 15) is 13.2 Å². The lowest BCUT2D eigenvalue weighted by Crippen LogP contribution is -2.34. The Bertz CT molecular complexity index is 1210. The minimum absolute atomic E-state index is 0.154. The molecule has 33 heavy (non-hydrogen) atoms. The molecule has 0 radical (unpaired) electrons. The number of anilines is 1. The van der Waals surface area contributed by atoms with E-state index in [1.807, 2.05) is 10.8 Å². The van der Waals surface area contributed by atoms with Crippen LogP contribution >= 0.6 is 0 Å². The van der Waals surface area contributed by atoms with Gasteiger partial charge in [0.1, 0.15) is 5.69 Å². The summed E-state index contributed by atoms with van der Waals surface area (Å²) in [5.41, 5.74) is 10.8. The van der Waals surface area contributed by atoms with Crippen LogP contribution in [0.2, 0.25) is 0 Å². The van der Waals surface area contributed by atoms with Crippen molar-refractivity contribution >= 4 is 11.4 Å². The number of nitrogens with zero attached hydrogens (tertiary/aromatic N) is 3. The number of allylic oxidation sites excluding steroid dienone is 1. The summed E-state index contributed by atoms with van der Waals surface area (Å²) in [6.45, 7) is 1.59. The average Bonchev–Trinajstić information content (AvgIpc) is 3.40. The lowest BCUT2D eigenvalue weighted by molar-refractivity contribution is -0.0961. The molecule has 5 rings (SSSR count). The third kappa shape index (κ3) is 4.13. The number of para-hydroxylation sites is 1. The van der Waals surface area contributed by atoms with Crippen molar-refractivity contribution in [2.45, 2.75) is 37.4 Å². The Morgan fingerprint density at radius 2 is 1.94 bits per heavy atom. The zero-order valence-corrected chi connectivity index (χ0v) is 17.7. The molecule has 1 aliphatic heterocycles. The quantitative estimate of drug-likeness (QED) is 0.334. The van der Waals surface area contributed by atoms with Crippen LogP contribution in [0.25, 0.3) is 17.1 Å². The number of fused-ring (bicyclic) bond motifs is 1. The number of benzene rings is 1. The molecule has 1 aromatic carbocycles. The number of hydrogen-bond donors (Lipinski definition) is 4. The van der Waals surface area contributed by atoms with Crippen molar-refractivity contribution in [2.75, 3.05) is 11.9 Å². The van der Waals surface area contributed by atoms with Crippen molar-refractivity contribution in [2.24, 2.45) is 11.6 Å². The summed E-state index contributed by atoms with van der Waals surface area (Å²) in [6, 6.07) is 9.39. The second kappa shape index (κ2) is 8.11. The molecule has 172 valence electrons. The predicted molar refractivity (Wildman–Crippen MR) is 120 cm³/mol. The Hall–Kier alpha value is -3.53. The molecule has 6 N–H and O–H groups in total. The average molecular weight is 455 g/mol. The first-order chi connectivity index (χ1) is 15.8. The molecular formula is C23H24F3N7. The van der Waals surface area contributed by atoms with Gasteiger partial charge in [0.2, 0.25) is 0 Å². The van der Waals surface area contributed by atoms with E-state index in [1.54, 1.807) is 11.8 Å². The van der Waals surface area contributed by atoms with E-state index in [-0.39, 0.29) is 5.56 Å². The number of nitrogens with one attached hydrogen (secondary N) is 2. The Morgan fingerprint density at radius 1 is 1.15 bits per heavy atom. The van der Waals surface area contributed by atoms with Gasteiger partial charge in [-0.25, -0.2) is 4.98 Å². The number of alkyl halides is 3. The molecule has 2 aromatic heterocycles. The highest BCUT2D eigenvalue weighted by atomic mass is 19.4. The van der Waals surface area contributed by atoms with Crippen LogP contribution in [-0.4, -0.2) is 27.3 Å². The molecule has 10 heteroatoms. The summed E-state index contributed by atoms with van der Waals surface area (Å²) >= 11 is 0. The fraction of sp³-hybridized carbons (Fsp3) is 0.304. The number of aromatic nitrogens is 3. The van der Waals surface area contributed by atoms with Gasteiger partial charge < -0.3 is 21.0 Å². The van der Waals surface area contributed by atoms with Crippen LogP contribution in [0.3, 0.4) is 0 Å². The molecule has 0 saturated heterocycles. The second-order valence-corrected chi connectivity index (χ2v) is 8.48. The molecule has 3 heterocycles. The standard InChI is InChI=1S/C23H24F3N7/c24-23(25,26)22(32-28)20(27)14-6-7-29-18(8-14)19-11-33(12-31-19)10-15-9-30-21-16(13-4-5-13)2-1-3-17(15)21/h1-3,6-8,11-13,15,30,32H,4-5,9-10,27-28H2/b22-20-. The van der Waals surface area contributed by atoms with Crippen LogP contribution in [0.1, 0.15) is 41.4 Å². The van der Waals surface area contributed by atoms with E-state index in [0.717, 1.165) is 13.1 Å². The molecule has 1 atom stereocenters. The molecular weight excluding hydrogens is 431 g/mol. The first kappa shape index (κ1) is 21.3. The number of hydrogen-bond acceptors (Lipinski definition) is 6. The molecule has 7 nitrogen and oxygen atoms in total. The van der Waals surface area contributed by atoms with Crippen LogP contribution < -0.4 is 22.3 Å². The lowest BCUT2D eigenvalue weighted by Gasteiger charge is -2.14. The SMILES string of the molecule is NN/C(=C(\N)c1ccnc(-c2cn(CC3CNc4c(C5CC5)cccc43)cn2)c1)C(F)(F)F. The Kier molecular flexibility index (Phi) is 5.24. The molecule has 1 fully saturated rings. The maximum Gasteiger partial charge on any atom is 0.434 e. The Labute approximate surface area is 188 Å². The van der Waals surface area contributed by atoms with Gasteiger partial charge in [-0.1, -0.05) is 18.2 Å². The highest BCUT2D eigenvalue weighted by Gasteiger charge is 2.36. The summed E-state index contributed by atoms with van der Waals surface area (Å²) < 4.78 is 41.4. The van der Waals surface area contributed by atoms with Crippen LogP contribution in [0.15, 0.2) is 54.7 Å². The number of halogens is 3. The van der Waals surface area contributed by atoms with E-state index in [4.69, 9.17) is 11.6 Å². The van der Waals surface area contributed by atoms with Crippen molar-refractivity contribution in [1.29, 1.82) is 0 Å². The fourth-order valence-corrected chi connectivity index (χ4v) is 4.41. The van der Waals surface area contributed by atoms with Crippen LogP contribution in [0, 0.1) is 0 Å². The predicted octanol–water partition coefficient (Wildman–Crippen LogP) is 3.68. The smallest absolute Gasteiger partial charge is 0.397 e. The highest BCUT2D eigenvalue weighted by molar-refractivity contribution is 5.70. The topological polar surface area (TPSA) is 107 Å². The number of hydrazine groups is 1. The third-order valence-corrected chi connectivity index (χ3v) is 6.21. The number of imidazole rings is 1. The zero-order chi connectivity index (χ0) is 23.2. The largest absolute Gasteiger partial charge is 0.434 e. The zero-order valence-electron chi connectivity index (χ0n) is 17.7. The van der Waals surface area contributed by atoms with Gasteiger partial charge in [-0.3, -0.25) is 10.8 Å². The minimum Gasteiger partial charge on any atom is -0.397 e. The molecule has 1 unspecified atom stereocenters. The molecule has 0 spiro atoms. The lowest BCUT2D eigenvalue weighted by atomic mass is 9.97. The summed E-state index contributed by atoms with van der Waals surface area (Å²) in [4.78, 5) is 8.67. The second-order valence-electron chi connectivity index (χ2n) is 8.48. The minimum atomic E-state index is -4.70. The van der Waals surface area contributed by atoms with E-state index in [2.05, 4.69) is 33.5 Å². The molecule has 0 bridgehead atoms. The van der Waals surface area contributed by atoms with Crippen LogP contribution in [0.4, 0.5) is 18.9 Å². The molecule has 2 aliphatic rings. The summed E-state index contributed by atoms with van der Waals surface area (Å²) in [7, 11) is 0. The number of nitrogens with two attached hydrogens (primary N) is 2. The van der Waals surface area contributed by atoms with Crippen LogP contribution in [-0.2, 0) is 6.54 Å². The number of rotatable bonds is 6.